The molecule has 0 radical (unpaired) electrons. The quantitative estimate of drug-likeness (QED) is 0.166. The van der Waals surface area contributed by atoms with Crippen molar-refractivity contribution in [1.82, 2.24) is 19.5 Å². The van der Waals surface area contributed by atoms with Crippen molar-refractivity contribution in [2.75, 3.05) is 6.61 Å². The van der Waals surface area contributed by atoms with Crippen LogP contribution in [-0.4, -0.2) is 32.1 Å². The molecule has 4 rings (SSSR count). The molecule has 0 spiro atoms. The molecule has 0 aromatic carbocycles. The Morgan fingerprint density at radius 1 is 1.27 bits per heavy atom. The number of aryl methyl sites for hydroxylation is 2. The SMILES string of the molecule is C=CCn1c(SCc2nc3sc(C(=O)OCC)c(C)c3c(=O)[nH]2)nc2sc(CC)cc2c1=O. The Kier molecular flexibility index (Phi) is 6.82. The van der Waals surface area contributed by atoms with Crippen molar-refractivity contribution >= 4 is 60.8 Å². The highest BCUT2D eigenvalue weighted by Crippen LogP contribution is 2.29. The predicted molar refractivity (Wildman–Crippen MR) is 134 cm³/mol. The number of nitrogens with zero attached hydrogens (tertiary/aromatic N) is 3. The number of nitrogens with one attached hydrogen (secondary N) is 1. The number of rotatable bonds is 8. The average molecular weight is 503 g/mol. The van der Waals surface area contributed by atoms with Crippen LogP contribution in [0.1, 0.15) is 39.8 Å². The molecule has 172 valence electrons. The number of aromatic nitrogens is 4. The van der Waals surface area contributed by atoms with Crippen molar-refractivity contribution in [2.45, 2.75) is 44.6 Å². The number of fused-ring (bicyclic) bond motifs is 2. The summed E-state index contributed by atoms with van der Waals surface area (Å²) < 4.78 is 6.67. The fraction of sp³-hybridized carbons (Fsp3) is 0.318. The van der Waals surface area contributed by atoms with Gasteiger partial charge in [0, 0.05) is 11.4 Å². The van der Waals surface area contributed by atoms with Gasteiger partial charge in [-0.15, -0.1) is 29.3 Å². The van der Waals surface area contributed by atoms with Gasteiger partial charge < -0.3 is 9.72 Å². The van der Waals surface area contributed by atoms with Crippen LogP contribution < -0.4 is 11.1 Å². The number of ether oxygens (including phenoxy) is 1. The topological polar surface area (TPSA) is 107 Å². The van der Waals surface area contributed by atoms with Crippen molar-refractivity contribution < 1.29 is 9.53 Å². The fourth-order valence-electron chi connectivity index (χ4n) is 3.40. The van der Waals surface area contributed by atoms with Gasteiger partial charge in [0.2, 0.25) is 0 Å². The van der Waals surface area contributed by atoms with Gasteiger partial charge in [-0.3, -0.25) is 14.2 Å². The summed E-state index contributed by atoms with van der Waals surface area (Å²) >= 11 is 3.98. The van der Waals surface area contributed by atoms with Crippen LogP contribution in [0, 0.1) is 6.92 Å². The first-order chi connectivity index (χ1) is 15.9. The number of carbonyl (C=O) groups excluding carboxylic acids is 1. The van der Waals surface area contributed by atoms with Crippen LogP contribution in [0.2, 0.25) is 0 Å². The van der Waals surface area contributed by atoms with E-state index in [-0.39, 0.29) is 17.7 Å². The molecule has 33 heavy (non-hydrogen) atoms. The van der Waals surface area contributed by atoms with Crippen molar-refractivity contribution in [2.24, 2.45) is 0 Å². The van der Waals surface area contributed by atoms with Crippen LogP contribution in [-0.2, 0) is 23.5 Å². The van der Waals surface area contributed by atoms with Crippen LogP contribution in [0.15, 0.2) is 33.5 Å². The molecule has 0 amide bonds. The molecule has 0 aliphatic carbocycles. The van der Waals surface area contributed by atoms with E-state index in [4.69, 9.17) is 9.72 Å². The summed E-state index contributed by atoms with van der Waals surface area (Å²) in [5.41, 5.74) is 0.151. The molecule has 4 aromatic heterocycles. The maximum absolute atomic E-state index is 13.0. The van der Waals surface area contributed by atoms with Gasteiger partial charge >= 0.3 is 5.97 Å². The molecule has 0 unspecified atom stereocenters. The summed E-state index contributed by atoms with van der Waals surface area (Å²) in [6.07, 6.45) is 2.49. The molecule has 0 bridgehead atoms. The monoisotopic (exact) mass is 502 g/mol. The van der Waals surface area contributed by atoms with Gasteiger partial charge in [0.15, 0.2) is 5.16 Å². The molecule has 4 heterocycles. The molecule has 0 saturated heterocycles. The Bertz CT molecular complexity index is 1500. The zero-order valence-corrected chi connectivity index (χ0v) is 20.8. The number of allylic oxidation sites excluding steroid dienone is 1. The van der Waals surface area contributed by atoms with Gasteiger partial charge in [0.1, 0.15) is 20.4 Å². The van der Waals surface area contributed by atoms with E-state index in [9.17, 15) is 14.4 Å². The van der Waals surface area contributed by atoms with E-state index < -0.39 is 5.97 Å². The number of hydrogen-bond donors (Lipinski definition) is 1. The Labute approximate surface area is 201 Å². The van der Waals surface area contributed by atoms with E-state index in [0.29, 0.717) is 54.2 Å². The zero-order valence-electron chi connectivity index (χ0n) is 18.4. The Hall–Kier alpha value is -2.76. The second-order valence-corrected chi connectivity index (χ2v) is 10.2. The molecule has 0 atom stereocenters. The summed E-state index contributed by atoms with van der Waals surface area (Å²) in [6.45, 7) is 9.83. The maximum Gasteiger partial charge on any atom is 0.348 e. The normalized spacial score (nSPS) is 11.4. The lowest BCUT2D eigenvalue weighted by Crippen LogP contribution is -2.22. The minimum Gasteiger partial charge on any atom is -0.462 e. The standard InChI is InChI=1S/C22H22N4O4S3/c1-5-8-26-20(28)13-9-12(6-2)32-18(13)25-22(26)31-10-14-23-17(27)15-11(4)16(21(29)30-7-3)33-19(15)24-14/h5,9H,1,6-8,10H2,2-4H3,(H,23,24,27). The molecular weight excluding hydrogens is 480 g/mol. The summed E-state index contributed by atoms with van der Waals surface area (Å²) in [6, 6.07) is 1.90. The summed E-state index contributed by atoms with van der Waals surface area (Å²) in [7, 11) is 0. The van der Waals surface area contributed by atoms with Crippen LogP contribution in [0.5, 0.6) is 0 Å². The lowest BCUT2D eigenvalue weighted by molar-refractivity contribution is 0.0531. The Morgan fingerprint density at radius 2 is 2.06 bits per heavy atom. The van der Waals surface area contributed by atoms with E-state index in [1.807, 2.05) is 13.0 Å². The first-order valence-corrected chi connectivity index (χ1v) is 13.0. The Morgan fingerprint density at radius 3 is 2.76 bits per heavy atom. The van der Waals surface area contributed by atoms with Crippen molar-refractivity contribution in [3.8, 4) is 0 Å². The van der Waals surface area contributed by atoms with Gasteiger partial charge in [-0.1, -0.05) is 24.8 Å². The van der Waals surface area contributed by atoms with Gasteiger partial charge in [-0.25, -0.2) is 14.8 Å². The molecule has 0 aliphatic heterocycles. The highest BCUT2D eigenvalue weighted by atomic mass is 32.2. The number of esters is 1. The highest BCUT2D eigenvalue weighted by molar-refractivity contribution is 7.98. The van der Waals surface area contributed by atoms with E-state index in [1.54, 1.807) is 24.5 Å². The molecule has 0 fully saturated rings. The largest absolute Gasteiger partial charge is 0.462 e. The van der Waals surface area contributed by atoms with E-state index in [0.717, 1.165) is 22.6 Å². The van der Waals surface area contributed by atoms with Crippen LogP contribution in [0.25, 0.3) is 20.4 Å². The minimum atomic E-state index is -0.457. The van der Waals surface area contributed by atoms with Crippen molar-refractivity contribution in [3.05, 3.63) is 60.6 Å². The number of hydrogen-bond acceptors (Lipinski definition) is 9. The first kappa shape index (κ1) is 23.4. The second kappa shape index (κ2) is 9.62. The fourth-order valence-corrected chi connectivity index (χ4v) is 6.38. The number of aromatic amines is 1. The van der Waals surface area contributed by atoms with E-state index >= 15 is 0 Å². The lowest BCUT2D eigenvalue weighted by Gasteiger charge is -2.09. The van der Waals surface area contributed by atoms with E-state index in [2.05, 4.69) is 16.5 Å². The molecule has 4 aromatic rings. The zero-order chi connectivity index (χ0) is 23.7. The third kappa shape index (κ3) is 4.40. The number of carbonyl (C=O) groups is 1. The van der Waals surface area contributed by atoms with Gasteiger partial charge in [0.25, 0.3) is 11.1 Å². The minimum absolute atomic E-state index is 0.108. The van der Waals surface area contributed by atoms with Gasteiger partial charge in [-0.05, 0) is 31.9 Å². The summed E-state index contributed by atoms with van der Waals surface area (Å²) in [5, 5.41) is 1.54. The van der Waals surface area contributed by atoms with Gasteiger partial charge in [0.05, 0.1) is 23.1 Å². The first-order valence-electron chi connectivity index (χ1n) is 10.3. The molecule has 11 heteroatoms. The van der Waals surface area contributed by atoms with Gasteiger partial charge in [-0.2, -0.15) is 0 Å². The molecule has 0 saturated carbocycles. The summed E-state index contributed by atoms with van der Waals surface area (Å²) in [5.74, 6) is 0.286. The highest BCUT2D eigenvalue weighted by Gasteiger charge is 2.21. The lowest BCUT2D eigenvalue weighted by atomic mass is 10.2. The molecular formula is C22H22N4O4S3. The maximum atomic E-state index is 13.0. The predicted octanol–water partition coefficient (Wildman–Crippen LogP) is 4.28. The smallest absolute Gasteiger partial charge is 0.348 e. The third-order valence-corrected chi connectivity index (χ3v) is 8.30. The van der Waals surface area contributed by atoms with Crippen LogP contribution in [0.4, 0.5) is 0 Å². The second-order valence-electron chi connectivity index (χ2n) is 7.14. The number of thioether (sulfide) groups is 1. The molecule has 0 aliphatic rings. The molecule has 1 N–H and O–H groups in total. The summed E-state index contributed by atoms with van der Waals surface area (Å²) in [4.78, 5) is 52.7. The number of H-pyrrole nitrogens is 1. The average Bonchev–Trinajstić information content (AvgIpc) is 3.36. The molecule has 8 nitrogen and oxygen atoms in total. The van der Waals surface area contributed by atoms with Crippen molar-refractivity contribution in [3.63, 3.8) is 0 Å². The van der Waals surface area contributed by atoms with Crippen LogP contribution in [0.3, 0.4) is 0 Å². The van der Waals surface area contributed by atoms with Crippen molar-refractivity contribution in [1.29, 1.82) is 0 Å². The van der Waals surface area contributed by atoms with Crippen LogP contribution >= 0.6 is 34.4 Å². The third-order valence-electron chi connectivity index (χ3n) is 4.98. The number of thiophene rings is 2. The van der Waals surface area contributed by atoms with E-state index in [1.165, 1.54) is 23.1 Å². The Balaban J connectivity index is 1.70.